The van der Waals surface area contributed by atoms with Crippen LogP contribution < -0.4 is 4.72 Å². The largest absolute Gasteiger partial charge is 0.394 e. The van der Waals surface area contributed by atoms with Gasteiger partial charge in [-0.1, -0.05) is 0 Å². The first-order valence-corrected chi connectivity index (χ1v) is 7.54. The Morgan fingerprint density at radius 3 is 2.90 bits per heavy atom. The van der Waals surface area contributed by atoms with Gasteiger partial charge in [0.05, 0.1) is 19.3 Å². The minimum absolute atomic E-state index is 0.0812. The molecule has 2 heterocycles. The molecule has 0 aliphatic carbocycles. The van der Waals surface area contributed by atoms with Crippen LogP contribution >= 0.6 is 0 Å². The molecule has 108 valence electrons. The van der Waals surface area contributed by atoms with Gasteiger partial charge in [0, 0.05) is 25.1 Å². The molecular weight excluding hydrogens is 280 g/mol. The van der Waals surface area contributed by atoms with Crippen molar-refractivity contribution in [3.63, 3.8) is 0 Å². The van der Waals surface area contributed by atoms with Crippen molar-refractivity contribution in [2.45, 2.75) is 24.9 Å². The van der Waals surface area contributed by atoms with E-state index in [1.807, 2.05) is 6.92 Å². The highest BCUT2D eigenvalue weighted by Crippen LogP contribution is 2.10. The van der Waals surface area contributed by atoms with E-state index >= 15 is 0 Å². The molecule has 0 fully saturated rings. The van der Waals surface area contributed by atoms with Gasteiger partial charge in [-0.15, -0.1) is 0 Å². The van der Waals surface area contributed by atoms with E-state index in [1.54, 1.807) is 18.5 Å². The Bertz CT molecular complexity index is 682. The van der Waals surface area contributed by atoms with Crippen molar-refractivity contribution in [1.82, 2.24) is 19.5 Å². The summed E-state index contributed by atoms with van der Waals surface area (Å²) in [5.74, 6) is 0. The first-order chi connectivity index (χ1) is 9.53. The third-order valence-electron chi connectivity index (χ3n) is 2.84. The van der Waals surface area contributed by atoms with Crippen molar-refractivity contribution in [2.24, 2.45) is 0 Å². The van der Waals surface area contributed by atoms with Gasteiger partial charge in [-0.3, -0.25) is 9.67 Å². The Morgan fingerprint density at radius 2 is 2.20 bits per heavy atom. The first kappa shape index (κ1) is 14.6. The predicted octanol–water partition coefficient (Wildman–Crippen LogP) is 0.0573. The number of aliphatic hydroxyl groups excluding tert-OH is 1. The van der Waals surface area contributed by atoms with Crippen molar-refractivity contribution in [1.29, 1.82) is 0 Å². The molecule has 0 unspecified atom stereocenters. The van der Waals surface area contributed by atoms with E-state index in [1.165, 1.54) is 17.1 Å². The minimum Gasteiger partial charge on any atom is -0.394 e. The van der Waals surface area contributed by atoms with Crippen molar-refractivity contribution in [3.8, 4) is 0 Å². The van der Waals surface area contributed by atoms with Gasteiger partial charge in [0.1, 0.15) is 4.90 Å². The molecule has 0 amide bonds. The monoisotopic (exact) mass is 296 g/mol. The fourth-order valence-corrected chi connectivity index (χ4v) is 2.62. The molecule has 0 aliphatic heterocycles. The molecule has 7 nitrogen and oxygen atoms in total. The van der Waals surface area contributed by atoms with Crippen LogP contribution in [0.25, 0.3) is 0 Å². The van der Waals surface area contributed by atoms with Crippen molar-refractivity contribution >= 4 is 10.0 Å². The summed E-state index contributed by atoms with van der Waals surface area (Å²) in [6, 6.07) is 1.77. The molecule has 0 spiro atoms. The average Bonchev–Trinajstić information content (AvgIpc) is 2.88. The van der Waals surface area contributed by atoms with Crippen molar-refractivity contribution in [2.75, 3.05) is 6.61 Å². The van der Waals surface area contributed by atoms with Gasteiger partial charge in [-0.05, 0) is 24.1 Å². The van der Waals surface area contributed by atoms with E-state index in [9.17, 15) is 8.42 Å². The third-order valence-corrected chi connectivity index (χ3v) is 4.19. The van der Waals surface area contributed by atoms with Crippen LogP contribution in [0, 0.1) is 6.92 Å². The third kappa shape index (κ3) is 3.41. The number of hydrogen-bond acceptors (Lipinski definition) is 5. The summed E-state index contributed by atoms with van der Waals surface area (Å²) in [5.41, 5.74) is 1.79. The van der Waals surface area contributed by atoms with Crippen LogP contribution in [-0.4, -0.2) is 34.9 Å². The van der Waals surface area contributed by atoms with E-state index in [0.717, 1.165) is 11.1 Å². The molecule has 2 rings (SSSR count). The topological polar surface area (TPSA) is 97.1 Å². The van der Waals surface area contributed by atoms with Crippen LogP contribution in [0.15, 0.2) is 35.7 Å². The van der Waals surface area contributed by atoms with E-state index in [0.29, 0.717) is 0 Å². The molecule has 2 aromatic rings. The molecule has 2 aromatic heterocycles. The maximum atomic E-state index is 12.1. The number of hydrogen-bond donors (Lipinski definition) is 2. The molecule has 2 N–H and O–H groups in total. The Morgan fingerprint density at radius 1 is 1.40 bits per heavy atom. The van der Waals surface area contributed by atoms with Gasteiger partial charge in [-0.25, -0.2) is 13.1 Å². The lowest BCUT2D eigenvalue weighted by Crippen LogP contribution is -2.23. The summed E-state index contributed by atoms with van der Waals surface area (Å²) in [4.78, 5) is 4.04. The van der Waals surface area contributed by atoms with Crippen LogP contribution in [0.3, 0.4) is 0 Å². The normalized spacial score (nSPS) is 11.7. The van der Waals surface area contributed by atoms with E-state index in [-0.39, 0.29) is 24.6 Å². The maximum absolute atomic E-state index is 12.1. The highest BCUT2D eigenvalue weighted by Gasteiger charge is 2.16. The number of nitrogens with zero attached hydrogens (tertiary/aromatic N) is 3. The maximum Gasteiger partial charge on any atom is 0.243 e. The van der Waals surface area contributed by atoms with Crippen LogP contribution in [0.5, 0.6) is 0 Å². The van der Waals surface area contributed by atoms with Gasteiger partial charge >= 0.3 is 0 Å². The van der Waals surface area contributed by atoms with Crippen molar-refractivity contribution in [3.05, 3.63) is 42.0 Å². The molecule has 8 heteroatoms. The first-order valence-electron chi connectivity index (χ1n) is 6.05. The number of sulfonamides is 1. The molecular formula is C12H16N4O3S. The second-order valence-electron chi connectivity index (χ2n) is 4.29. The van der Waals surface area contributed by atoms with Gasteiger partial charge < -0.3 is 5.11 Å². The molecule has 0 aromatic carbocycles. The van der Waals surface area contributed by atoms with Crippen molar-refractivity contribution < 1.29 is 13.5 Å². The number of rotatable bonds is 6. The van der Waals surface area contributed by atoms with Gasteiger partial charge in [0.15, 0.2) is 0 Å². The van der Waals surface area contributed by atoms with Gasteiger partial charge in [-0.2, -0.15) is 5.10 Å². The zero-order valence-corrected chi connectivity index (χ0v) is 11.8. The van der Waals surface area contributed by atoms with Crippen LogP contribution in [0.1, 0.15) is 11.1 Å². The zero-order valence-electron chi connectivity index (χ0n) is 11.0. The quantitative estimate of drug-likeness (QED) is 0.785. The summed E-state index contributed by atoms with van der Waals surface area (Å²) in [6.45, 7) is 2.24. The van der Waals surface area contributed by atoms with Crippen LogP contribution in [0.2, 0.25) is 0 Å². The lowest BCUT2D eigenvalue weighted by molar-refractivity contribution is 0.269. The summed E-state index contributed by atoms with van der Waals surface area (Å²) in [7, 11) is -3.61. The Kier molecular flexibility index (Phi) is 4.48. The number of aromatic nitrogens is 3. The average molecular weight is 296 g/mol. The Labute approximate surface area is 117 Å². The predicted molar refractivity (Wildman–Crippen MR) is 72.3 cm³/mol. The Hall–Kier alpha value is -1.77. The van der Waals surface area contributed by atoms with E-state index in [4.69, 9.17) is 5.11 Å². The standard InChI is InChI=1S/C12H16N4O3S/c1-10-6-13-3-2-11(10)7-15-20(18,19)12-8-14-16(9-12)4-5-17/h2-3,6,8-9,15,17H,4-5,7H2,1H3. The second-order valence-corrected chi connectivity index (χ2v) is 6.06. The summed E-state index contributed by atoms with van der Waals surface area (Å²) >= 11 is 0. The fraction of sp³-hybridized carbons (Fsp3) is 0.333. The Balaban J connectivity index is 2.09. The molecule has 0 atom stereocenters. The van der Waals surface area contributed by atoms with E-state index in [2.05, 4.69) is 14.8 Å². The lowest BCUT2D eigenvalue weighted by Gasteiger charge is -2.06. The smallest absolute Gasteiger partial charge is 0.243 e. The molecule has 0 aliphatic rings. The summed E-state index contributed by atoms with van der Waals surface area (Å²) in [6.07, 6.45) is 5.95. The number of nitrogens with one attached hydrogen (secondary N) is 1. The van der Waals surface area contributed by atoms with Crippen LogP contribution in [-0.2, 0) is 23.1 Å². The highest BCUT2D eigenvalue weighted by molar-refractivity contribution is 7.89. The molecule has 20 heavy (non-hydrogen) atoms. The molecule has 0 saturated carbocycles. The number of aryl methyl sites for hydroxylation is 1. The number of pyridine rings is 1. The lowest BCUT2D eigenvalue weighted by atomic mass is 10.2. The second kappa shape index (κ2) is 6.12. The van der Waals surface area contributed by atoms with E-state index < -0.39 is 10.0 Å². The summed E-state index contributed by atoms with van der Waals surface area (Å²) < 4.78 is 28.1. The van der Waals surface area contributed by atoms with Gasteiger partial charge in [0.25, 0.3) is 0 Å². The fourth-order valence-electron chi connectivity index (χ4n) is 1.66. The molecule has 0 radical (unpaired) electrons. The van der Waals surface area contributed by atoms with Gasteiger partial charge in [0.2, 0.25) is 10.0 Å². The van der Waals surface area contributed by atoms with Crippen LogP contribution in [0.4, 0.5) is 0 Å². The molecule has 0 saturated heterocycles. The summed E-state index contributed by atoms with van der Waals surface area (Å²) in [5, 5.41) is 12.7. The minimum atomic E-state index is -3.61. The highest BCUT2D eigenvalue weighted by atomic mass is 32.2. The zero-order chi connectivity index (χ0) is 14.6. The number of aliphatic hydroxyl groups is 1. The SMILES string of the molecule is Cc1cnccc1CNS(=O)(=O)c1cnn(CCO)c1. The molecule has 0 bridgehead atoms.